The van der Waals surface area contributed by atoms with Crippen molar-refractivity contribution < 1.29 is 18.6 Å². The van der Waals surface area contributed by atoms with Crippen LogP contribution in [0.5, 0.6) is 17.2 Å². The summed E-state index contributed by atoms with van der Waals surface area (Å²) in [6.45, 7) is 4.75. The summed E-state index contributed by atoms with van der Waals surface area (Å²) in [5.74, 6) is 3.15. The lowest BCUT2D eigenvalue weighted by atomic mass is 10.1. The lowest BCUT2D eigenvalue weighted by molar-refractivity contribution is 0.249. The van der Waals surface area contributed by atoms with Gasteiger partial charge in [-0.25, -0.2) is 0 Å². The molecular formula is C28H30N2O4. The number of hydrogen-bond acceptors (Lipinski definition) is 6. The van der Waals surface area contributed by atoms with Crippen LogP contribution in [-0.2, 0) is 6.54 Å². The van der Waals surface area contributed by atoms with E-state index in [4.69, 9.17) is 18.6 Å². The Balaban J connectivity index is 1.29. The van der Waals surface area contributed by atoms with Gasteiger partial charge in [-0.1, -0.05) is 30.3 Å². The van der Waals surface area contributed by atoms with E-state index in [-0.39, 0.29) is 0 Å². The minimum absolute atomic E-state index is 0.754. The molecule has 1 saturated heterocycles. The molecular weight excluding hydrogens is 428 g/mol. The molecule has 0 atom stereocenters. The fraction of sp³-hybridized carbons (Fsp3) is 0.286. The molecule has 0 N–H and O–H groups in total. The van der Waals surface area contributed by atoms with E-state index in [9.17, 15) is 0 Å². The van der Waals surface area contributed by atoms with Crippen molar-refractivity contribution in [1.29, 1.82) is 0 Å². The highest BCUT2D eigenvalue weighted by molar-refractivity contribution is 5.88. The SMILES string of the molecule is COc1ccc(N2CCN(Cc3cc(OC)c4oc(-c5ccccc5)cc4c3)CC2)cc1OC. The first-order valence-corrected chi connectivity index (χ1v) is 11.5. The Morgan fingerprint density at radius 2 is 1.47 bits per heavy atom. The largest absolute Gasteiger partial charge is 0.493 e. The molecule has 5 rings (SSSR count). The van der Waals surface area contributed by atoms with E-state index in [0.29, 0.717) is 0 Å². The third-order valence-corrected chi connectivity index (χ3v) is 6.43. The summed E-state index contributed by atoms with van der Waals surface area (Å²) in [5.41, 5.74) is 4.24. The van der Waals surface area contributed by atoms with Gasteiger partial charge in [0.15, 0.2) is 22.8 Å². The van der Waals surface area contributed by atoms with Gasteiger partial charge in [0.1, 0.15) is 5.76 Å². The molecule has 176 valence electrons. The van der Waals surface area contributed by atoms with Crippen molar-refractivity contribution in [3.05, 3.63) is 72.3 Å². The Bertz CT molecular complexity index is 1260. The number of furan rings is 1. The summed E-state index contributed by atoms with van der Waals surface area (Å²) in [5, 5.41) is 1.07. The molecule has 1 aliphatic heterocycles. The van der Waals surface area contributed by atoms with E-state index in [1.807, 2.05) is 24.3 Å². The van der Waals surface area contributed by atoms with Gasteiger partial charge in [0.25, 0.3) is 0 Å². The summed E-state index contributed by atoms with van der Waals surface area (Å²) >= 11 is 0. The molecule has 2 heterocycles. The number of hydrogen-bond donors (Lipinski definition) is 0. The molecule has 1 aromatic heterocycles. The number of benzene rings is 3. The van der Waals surface area contributed by atoms with E-state index in [2.05, 4.69) is 52.3 Å². The van der Waals surface area contributed by atoms with E-state index in [1.54, 1.807) is 21.3 Å². The van der Waals surface area contributed by atoms with Crippen LogP contribution in [0.15, 0.2) is 71.1 Å². The Morgan fingerprint density at radius 3 is 2.18 bits per heavy atom. The summed E-state index contributed by atoms with van der Waals surface area (Å²) in [6.07, 6.45) is 0. The number of piperazine rings is 1. The molecule has 1 aliphatic rings. The molecule has 0 spiro atoms. The van der Waals surface area contributed by atoms with Gasteiger partial charge >= 0.3 is 0 Å². The first-order valence-electron chi connectivity index (χ1n) is 11.5. The summed E-state index contributed by atoms with van der Waals surface area (Å²) in [7, 11) is 5.04. The highest BCUT2D eigenvalue weighted by atomic mass is 16.5. The monoisotopic (exact) mass is 458 g/mol. The molecule has 0 amide bonds. The Morgan fingerprint density at radius 1 is 0.735 bits per heavy atom. The molecule has 1 fully saturated rings. The van der Waals surface area contributed by atoms with E-state index in [0.717, 1.165) is 78.0 Å². The van der Waals surface area contributed by atoms with Gasteiger partial charge in [0.05, 0.1) is 21.3 Å². The van der Waals surface area contributed by atoms with Crippen molar-refractivity contribution >= 4 is 16.7 Å². The first-order chi connectivity index (χ1) is 16.7. The summed E-state index contributed by atoms with van der Waals surface area (Å²) in [6, 6.07) is 22.7. The second kappa shape index (κ2) is 9.69. The molecule has 0 bridgehead atoms. The van der Waals surface area contributed by atoms with Crippen LogP contribution < -0.4 is 19.1 Å². The Labute approximate surface area is 200 Å². The zero-order valence-corrected chi connectivity index (χ0v) is 19.9. The normalized spacial score (nSPS) is 14.4. The van der Waals surface area contributed by atoms with E-state index in [1.165, 1.54) is 5.56 Å². The molecule has 4 aromatic rings. The molecule has 0 unspecified atom stereocenters. The van der Waals surface area contributed by atoms with Crippen molar-refractivity contribution in [2.45, 2.75) is 6.54 Å². The average molecular weight is 459 g/mol. The first kappa shape index (κ1) is 22.2. The van der Waals surface area contributed by atoms with Crippen LogP contribution in [0.25, 0.3) is 22.3 Å². The molecule has 0 saturated carbocycles. The number of rotatable bonds is 7. The molecule has 6 heteroatoms. The lowest BCUT2D eigenvalue weighted by Crippen LogP contribution is -2.45. The average Bonchev–Trinajstić information content (AvgIpc) is 3.33. The van der Waals surface area contributed by atoms with Crippen LogP contribution in [0.2, 0.25) is 0 Å². The van der Waals surface area contributed by atoms with Crippen LogP contribution in [0.1, 0.15) is 5.56 Å². The van der Waals surface area contributed by atoms with Gasteiger partial charge < -0.3 is 23.5 Å². The second-order valence-electron chi connectivity index (χ2n) is 8.50. The quantitative estimate of drug-likeness (QED) is 0.367. The van der Waals surface area contributed by atoms with Gasteiger partial charge in [-0.2, -0.15) is 0 Å². The van der Waals surface area contributed by atoms with Crippen molar-refractivity contribution in [2.24, 2.45) is 0 Å². The van der Waals surface area contributed by atoms with Crippen LogP contribution in [0, 0.1) is 0 Å². The maximum absolute atomic E-state index is 6.16. The topological polar surface area (TPSA) is 47.3 Å². The molecule has 3 aromatic carbocycles. The second-order valence-corrected chi connectivity index (χ2v) is 8.50. The number of ether oxygens (including phenoxy) is 3. The molecule has 0 aliphatic carbocycles. The maximum atomic E-state index is 6.16. The Kier molecular flexibility index (Phi) is 6.32. The molecule has 0 radical (unpaired) electrons. The van der Waals surface area contributed by atoms with Gasteiger partial charge in [0.2, 0.25) is 0 Å². The lowest BCUT2D eigenvalue weighted by Gasteiger charge is -2.36. The van der Waals surface area contributed by atoms with Gasteiger partial charge in [-0.15, -0.1) is 0 Å². The standard InChI is InChI=1S/C28H30N2O4/c1-31-24-10-9-23(18-26(24)32-2)30-13-11-29(12-14-30)19-20-15-22-17-25(21-7-5-4-6-8-21)34-28(22)27(16-20)33-3/h4-10,15-18H,11-14,19H2,1-3H3. The predicted octanol–water partition coefficient (Wildman–Crippen LogP) is 5.45. The zero-order valence-electron chi connectivity index (χ0n) is 19.9. The van der Waals surface area contributed by atoms with Crippen molar-refractivity contribution in [3.63, 3.8) is 0 Å². The zero-order chi connectivity index (χ0) is 23.5. The molecule has 6 nitrogen and oxygen atoms in total. The fourth-order valence-corrected chi connectivity index (χ4v) is 4.61. The van der Waals surface area contributed by atoms with E-state index >= 15 is 0 Å². The predicted molar refractivity (Wildman–Crippen MR) is 135 cm³/mol. The smallest absolute Gasteiger partial charge is 0.176 e. The summed E-state index contributed by atoms with van der Waals surface area (Å²) in [4.78, 5) is 4.88. The molecule has 34 heavy (non-hydrogen) atoms. The van der Waals surface area contributed by atoms with Crippen LogP contribution in [0.3, 0.4) is 0 Å². The van der Waals surface area contributed by atoms with Crippen molar-refractivity contribution in [3.8, 4) is 28.6 Å². The highest BCUT2D eigenvalue weighted by Crippen LogP contribution is 2.35. The minimum Gasteiger partial charge on any atom is -0.493 e. The van der Waals surface area contributed by atoms with Crippen LogP contribution >= 0.6 is 0 Å². The third-order valence-electron chi connectivity index (χ3n) is 6.43. The van der Waals surface area contributed by atoms with Crippen molar-refractivity contribution in [1.82, 2.24) is 4.90 Å². The number of methoxy groups -OCH3 is 3. The highest BCUT2D eigenvalue weighted by Gasteiger charge is 2.20. The van der Waals surface area contributed by atoms with E-state index < -0.39 is 0 Å². The fourth-order valence-electron chi connectivity index (χ4n) is 4.61. The van der Waals surface area contributed by atoms with Gasteiger partial charge in [-0.05, 0) is 35.9 Å². The number of anilines is 1. The summed E-state index contributed by atoms with van der Waals surface area (Å²) < 4.78 is 22.7. The maximum Gasteiger partial charge on any atom is 0.176 e. The third kappa shape index (κ3) is 4.41. The number of nitrogens with zero attached hydrogens (tertiary/aromatic N) is 2. The number of fused-ring (bicyclic) bond motifs is 1. The van der Waals surface area contributed by atoms with Gasteiger partial charge in [0, 0.05) is 55.4 Å². The van der Waals surface area contributed by atoms with Crippen LogP contribution in [-0.4, -0.2) is 52.4 Å². The van der Waals surface area contributed by atoms with Crippen molar-refractivity contribution in [2.75, 3.05) is 52.4 Å². The Hall–Kier alpha value is -3.64. The minimum atomic E-state index is 0.754. The van der Waals surface area contributed by atoms with Crippen LogP contribution in [0.4, 0.5) is 5.69 Å². The van der Waals surface area contributed by atoms with Gasteiger partial charge in [-0.3, -0.25) is 4.90 Å².